The number of aromatic nitrogens is 2. The van der Waals surface area contributed by atoms with E-state index >= 15 is 0 Å². The van der Waals surface area contributed by atoms with Crippen molar-refractivity contribution in [2.24, 2.45) is 10.9 Å². The van der Waals surface area contributed by atoms with Crippen LogP contribution in [0, 0.1) is 5.92 Å². The number of hydrogen-bond donors (Lipinski definition) is 2. The molecule has 2 unspecified atom stereocenters. The first-order valence-electron chi connectivity index (χ1n) is 12.6. The Morgan fingerprint density at radius 1 is 0.850 bits per heavy atom. The van der Waals surface area contributed by atoms with Crippen LogP contribution in [0.25, 0.3) is 0 Å². The highest BCUT2D eigenvalue weighted by Gasteiger charge is 2.41. The molecule has 1 aliphatic heterocycles. The number of fused-ring (bicyclic) bond motifs is 1. The summed E-state index contributed by atoms with van der Waals surface area (Å²) in [6, 6.07) is 21.0. The molecular weight excluding hydrogens is 510 g/mol. The molecule has 0 saturated heterocycles. The van der Waals surface area contributed by atoms with Crippen LogP contribution in [-0.4, -0.2) is 48.6 Å². The fourth-order valence-electron chi connectivity index (χ4n) is 4.82. The van der Waals surface area contributed by atoms with Crippen molar-refractivity contribution < 1.29 is 23.8 Å². The summed E-state index contributed by atoms with van der Waals surface area (Å²) in [5, 5.41) is 10.4. The molecular formula is C30H29N5O5. The topological polar surface area (TPSA) is 116 Å². The highest BCUT2D eigenvalue weighted by molar-refractivity contribution is 6.13. The number of ether oxygens (including phenoxy) is 3. The summed E-state index contributed by atoms with van der Waals surface area (Å²) in [5.74, 6) is 0.511. The van der Waals surface area contributed by atoms with E-state index in [9.17, 15) is 9.59 Å². The third-order valence-corrected chi connectivity index (χ3v) is 6.76. The molecule has 0 radical (unpaired) electrons. The average molecular weight is 540 g/mol. The molecule has 2 atom stereocenters. The number of carbonyl (C=O) groups is 2. The molecule has 2 amide bonds. The van der Waals surface area contributed by atoms with Crippen LogP contribution in [0.5, 0.6) is 17.2 Å². The summed E-state index contributed by atoms with van der Waals surface area (Å²) in [7, 11) is 4.66. The minimum Gasteiger partial charge on any atom is -0.497 e. The van der Waals surface area contributed by atoms with Gasteiger partial charge in [-0.3, -0.25) is 9.59 Å². The van der Waals surface area contributed by atoms with Crippen LogP contribution in [0.4, 0.5) is 17.2 Å². The molecule has 2 heterocycles. The number of methoxy groups -OCH3 is 3. The maximum atomic E-state index is 13.9. The van der Waals surface area contributed by atoms with Crippen LogP contribution in [-0.2, 0) is 4.79 Å². The van der Waals surface area contributed by atoms with Crippen LogP contribution in [0.1, 0.15) is 28.9 Å². The molecule has 1 aliphatic rings. The lowest BCUT2D eigenvalue weighted by atomic mass is 9.86. The summed E-state index contributed by atoms with van der Waals surface area (Å²) in [4.78, 5) is 31.9. The van der Waals surface area contributed by atoms with Gasteiger partial charge in [0, 0.05) is 23.0 Å². The van der Waals surface area contributed by atoms with E-state index in [1.807, 2.05) is 36.4 Å². The fourth-order valence-corrected chi connectivity index (χ4v) is 4.82. The molecule has 0 spiro atoms. The Morgan fingerprint density at radius 3 is 2.30 bits per heavy atom. The molecule has 40 heavy (non-hydrogen) atoms. The quantitative estimate of drug-likeness (QED) is 0.321. The molecule has 10 heteroatoms. The smallest absolute Gasteiger partial charge is 0.261 e. The van der Waals surface area contributed by atoms with Gasteiger partial charge < -0.3 is 24.8 Å². The predicted molar refractivity (Wildman–Crippen MR) is 152 cm³/mol. The summed E-state index contributed by atoms with van der Waals surface area (Å²) in [5.41, 5.74) is 2.64. The zero-order valence-corrected chi connectivity index (χ0v) is 22.5. The Bertz CT molecular complexity index is 1580. The molecule has 0 aliphatic carbocycles. The highest BCUT2D eigenvalue weighted by atomic mass is 16.5. The molecule has 4 aromatic rings. The monoisotopic (exact) mass is 539 g/mol. The van der Waals surface area contributed by atoms with Gasteiger partial charge in [-0.05, 0) is 43.3 Å². The number of anilines is 2. The van der Waals surface area contributed by atoms with E-state index in [2.05, 4.69) is 15.7 Å². The minimum absolute atomic E-state index is 0.282. The first-order valence-corrected chi connectivity index (χ1v) is 12.6. The van der Waals surface area contributed by atoms with Gasteiger partial charge in [0.1, 0.15) is 28.7 Å². The Morgan fingerprint density at radius 2 is 1.57 bits per heavy atom. The number of rotatable bonds is 8. The average Bonchev–Trinajstić information content (AvgIpc) is 3.40. The van der Waals surface area contributed by atoms with E-state index in [4.69, 9.17) is 19.2 Å². The molecule has 3 aromatic carbocycles. The third-order valence-electron chi connectivity index (χ3n) is 6.76. The summed E-state index contributed by atoms with van der Waals surface area (Å²) in [6.45, 7) is 1.77. The van der Waals surface area contributed by atoms with Crippen LogP contribution < -0.4 is 24.8 Å². The molecule has 5 rings (SSSR count). The fraction of sp³-hybridized carbons (Fsp3) is 0.200. The van der Waals surface area contributed by atoms with Crippen molar-refractivity contribution >= 4 is 34.7 Å². The zero-order valence-electron chi connectivity index (χ0n) is 22.5. The van der Waals surface area contributed by atoms with Crippen LogP contribution >= 0.6 is 0 Å². The molecule has 1 aromatic heterocycles. The number of nitrogens with zero attached hydrogens (tertiary/aromatic N) is 3. The van der Waals surface area contributed by atoms with Crippen molar-refractivity contribution in [1.29, 1.82) is 0 Å². The van der Waals surface area contributed by atoms with E-state index in [0.717, 1.165) is 0 Å². The lowest BCUT2D eigenvalue weighted by Crippen LogP contribution is -2.39. The van der Waals surface area contributed by atoms with E-state index in [1.54, 1.807) is 69.3 Å². The van der Waals surface area contributed by atoms with E-state index < -0.39 is 12.0 Å². The van der Waals surface area contributed by atoms with Gasteiger partial charge in [0.05, 0.1) is 39.3 Å². The number of aliphatic imine (C=N–C) groups is 1. The van der Waals surface area contributed by atoms with Gasteiger partial charge >= 0.3 is 0 Å². The van der Waals surface area contributed by atoms with Crippen molar-refractivity contribution in [3.05, 3.63) is 90.1 Å². The second-order valence-corrected chi connectivity index (χ2v) is 9.12. The molecule has 0 fully saturated rings. The summed E-state index contributed by atoms with van der Waals surface area (Å²) >= 11 is 0. The van der Waals surface area contributed by atoms with Gasteiger partial charge in [0.25, 0.3) is 5.91 Å². The van der Waals surface area contributed by atoms with Gasteiger partial charge in [-0.25, -0.2) is 9.67 Å². The highest BCUT2D eigenvalue weighted by Crippen LogP contribution is 2.43. The lowest BCUT2D eigenvalue weighted by Gasteiger charge is -2.32. The van der Waals surface area contributed by atoms with Gasteiger partial charge in [-0.15, -0.1) is 0 Å². The van der Waals surface area contributed by atoms with E-state index in [1.165, 1.54) is 6.20 Å². The van der Waals surface area contributed by atoms with Crippen molar-refractivity contribution in [2.75, 3.05) is 32.0 Å². The van der Waals surface area contributed by atoms with Gasteiger partial charge in [0.15, 0.2) is 5.82 Å². The van der Waals surface area contributed by atoms with Crippen LogP contribution in [0.3, 0.4) is 0 Å². The van der Waals surface area contributed by atoms with Gasteiger partial charge in [-0.1, -0.05) is 30.3 Å². The molecule has 0 saturated carbocycles. The standard InChI is InChI=1S/C30H29N5O5/c1-18-26(30(37)34-23-12-8-9-13-24(23)39-3)27(21-15-14-20(38-2)16-25(21)40-4)35-28(32-18)22(17-31-35)29(36)33-19-10-6-5-7-11-19/h5-17,26-27H,1-4H3,(H,33,36)(H,34,37). The number of nitrogens with one attached hydrogen (secondary N) is 2. The Hall–Kier alpha value is -5.12. The second-order valence-electron chi connectivity index (χ2n) is 9.12. The van der Waals surface area contributed by atoms with Crippen molar-refractivity contribution in [1.82, 2.24) is 9.78 Å². The third kappa shape index (κ3) is 4.98. The second kappa shape index (κ2) is 11.3. The lowest BCUT2D eigenvalue weighted by molar-refractivity contribution is -0.118. The summed E-state index contributed by atoms with van der Waals surface area (Å²) < 4.78 is 18.1. The normalized spacial score (nSPS) is 15.8. The number of amides is 2. The van der Waals surface area contributed by atoms with Crippen LogP contribution in [0.15, 0.2) is 84.0 Å². The first kappa shape index (κ1) is 26.5. The maximum absolute atomic E-state index is 13.9. The largest absolute Gasteiger partial charge is 0.497 e. The van der Waals surface area contributed by atoms with Crippen molar-refractivity contribution in [2.45, 2.75) is 13.0 Å². The van der Waals surface area contributed by atoms with Crippen LogP contribution in [0.2, 0.25) is 0 Å². The maximum Gasteiger partial charge on any atom is 0.261 e. The van der Waals surface area contributed by atoms with Gasteiger partial charge in [0.2, 0.25) is 5.91 Å². The molecule has 0 bridgehead atoms. The Kier molecular flexibility index (Phi) is 7.50. The number of hydrogen-bond acceptors (Lipinski definition) is 7. The number of para-hydroxylation sites is 3. The van der Waals surface area contributed by atoms with Crippen molar-refractivity contribution in [3.8, 4) is 17.2 Å². The number of benzene rings is 3. The minimum atomic E-state index is -0.787. The molecule has 204 valence electrons. The Balaban J connectivity index is 1.60. The van der Waals surface area contributed by atoms with Gasteiger partial charge in [-0.2, -0.15) is 5.10 Å². The first-order chi connectivity index (χ1) is 19.4. The SMILES string of the molecule is COc1ccc(C2C(C(=O)Nc3ccccc3OC)C(C)=Nc3c(C(=O)Nc4ccccc4)cnn32)c(OC)c1. The summed E-state index contributed by atoms with van der Waals surface area (Å²) in [6.07, 6.45) is 1.47. The number of carbonyl (C=O) groups excluding carboxylic acids is 2. The molecule has 2 N–H and O–H groups in total. The van der Waals surface area contributed by atoms with E-state index in [0.29, 0.717) is 45.7 Å². The predicted octanol–water partition coefficient (Wildman–Crippen LogP) is 5.11. The molecule has 10 nitrogen and oxygen atoms in total. The Labute approximate surface area is 231 Å². The van der Waals surface area contributed by atoms with Crippen molar-refractivity contribution in [3.63, 3.8) is 0 Å². The zero-order chi connectivity index (χ0) is 28.2. The van der Waals surface area contributed by atoms with E-state index in [-0.39, 0.29) is 17.4 Å².